The predicted octanol–water partition coefficient (Wildman–Crippen LogP) is 5.34. The van der Waals surface area contributed by atoms with E-state index in [9.17, 15) is 4.79 Å². The van der Waals surface area contributed by atoms with Gasteiger partial charge in [0.2, 0.25) is 0 Å². The van der Waals surface area contributed by atoms with Crippen molar-refractivity contribution >= 4 is 6.09 Å². The number of benzene rings is 2. The Morgan fingerprint density at radius 1 is 1.09 bits per heavy atom. The minimum Gasteiger partial charge on any atom is -0.490 e. The Balaban J connectivity index is 1.34. The molecule has 0 aromatic heterocycles. The summed E-state index contributed by atoms with van der Waals surface area (Å²) in [7, 11) is 0. The Hall–Kier alpha value is -2.53. The lowest BCUT2D eigenvalue weighted by Crippen LogP contribution is -2.52. The van der Waals surface area contributed by atoms with Gasteiger partial charge in [0, 0.05) is 12.1 Å². The fourth-order valence-electron chi connectivity index (χ4n) is 5.54. The van der Waals surface area contributed by atoms with Gasteiger partial charge in [-0.2, -0.15) is 0 Å². The minimum atomic E-state index is -0.268. The first-order valence-electron chi connectivity index (χ1n) is 12.1. The largest absolute Gasteiger partial charge is 0.490 e. The van der Waals surface area contributed by atoms with Crippen LogP contribution in [0, 0.1) is 5.92 Å². The number of ether oxygens (including phenoxy) is 2. The van der Waals surface area contributed by atoms with Crippen molar-refractivity contribution in [2.45, 2.75) is 64.2 Å². The molecular weight excluding hydrogens is 400 g/mol. The summed E-state index contributed by atoms with van der Waals surface area (Å²) in [5.74, 6) is 1.41. The van der Waals surface area contributed by atoms with Gasteiger partial charge in [-0.1, -0.05) is 30.3 Å². The van der Waals surface area contributed by atoms with Gasteiger partial charge in [0.05, 0.1) is 12.1 Å². The van der Waals surface area contributed by atoms with E-state index in [1.165, 1.54) is 11.1 Å². The Morgan fingerprint density at radius 2 is 1.91 bits per heavy atom. The van der Waals surface area contributed by atoms with E-state index < -0.39 is 0 Å². The number of fused-ring (bicyclic) bond motifs is 4. The van der Waals surface area contributed by atoms with Crippen LogP contribution in [0.2, 0.25) is 0 Å². The summed E-state index contributed by atoms with van der Waals surface area (Å²) in [5, 5.41) is 3.20. The van der Waals surface area contributed by atoms with Crippen LogP contribution in [-0.4, -0.2) is 42.8 Å². The van der Waals surface area contributed by atoms with Crippen molar-refractivity contribution in [3.63, 3.8) is 0 Å². The van der Waals surface area contributed by atoms with Crippen LogP contribution in [0.3, 0.4) is 0 Å². The average molecular weight is 435 g/mol. The molecule has 2 aromatic rings. The predicted molar refractivity (Wildman–Crippen MR) is 126 cm³/mol. The second kappa shape index (κ2) is 9.14. The van der Waals surface area contributed by atoms with Gasteiger partial charge in [-0.15, -0.1) is 0 Å². The smallest absolute Gasteiger partial charge is 0.407 e. The summed E-state index contributed by atoms with van der Waals surface area (Å²) >= 11 is 0. The highest BCUT2D eigenvalue weighted by molar-refractivity contribution is 5.73. The topological polar surface area (TPSA) is 50.8 Å². The second-order valence-corrected chi connectivity index (χ2v) is 9.75. The van der Waals surface area contributed by atoms with E-state index in [0.29, 0.717) is 5.92 Å². The van der Waals surface area contributed by atoms with Crippen molar-refractivity contribution < 1.29 is 14.3 Å². The number of aryl methyl sites for hydroxylation is 1. The summed E-state index contributed by atoms with van der Waals surface area (Å²) in [6.07, 6.45) is 5.23. The van der Waals surface area contributed by atoms with E-state index in [1.54, 1.807) is 0 Å². The molecule has 1 N–H and O–H groups in total. The first-order chi connectivity index (χ1) is 15.6. The average Bonchev–Trinajstić information content (AvgIpc) is 2.80. The number of carbonyl (C=O) groups excluding carboxylic acids is 1. The Kier molecular flexibility index (Phi) is 6.09. The van der Waals surface area contributed by atoms with E-state index in [2.05, 4.69) is 34.5 Å². The molecule has 3 heterocycles. The quantitative estimate of drug-likeness (QED) is 0.690. The van der Waals surface area contributed by atoms with Crippen molar-refractivity contribution in [1.82, 2.24) is 10.2 Å². The lowest BCUT2D eigenvalue weighted by Gasteiger charge is -2.44. The third kappa shape index (κ3) is 4.49. The molecule has 0 spiro atoms. The van der Waals surface area contributed by atoms with Gasteiger partial charge in [-0.3, -0.25) is 4.90 Å². The molecule has 5 nitrogen and oxygen atoms in total. The summed E-state index contributed by atoms with van der Waals surface area (Å²) in [6, 6.07) is 14.8. The fourth-order valence-corrected chi connectivity index (χ4v) is 5.54. The Labute approximate surface area is 191 Å². The molecule has 0 radical (unpaired) electrons. The SMILES string of the molecule is CC(C)Oc1ccccc1-c1ccc2c(c1)C(NC(=O)O[C@@H]1CN3CCC1CC3)CCC2. The molecule has 2 atom stereocenters. The molecule has 0 saturated carbocycles. The Bertz CT molecular complexity index is 965. The number of alkyl carbamates (subject to hydrolysis) is 1. The number of nitrogens with one attached hydrogen (secondary N) is 1. The van der Waals surface area contributed by atoms with Crippen molar-refractivity contribution in [1.29, 1.82) is 0 Å². The van der Waals surface area contributed by atoms with Gasteiger partial charge in [0.25, 0.3) is 0 Å². The standard InChI is InChI=1S/C27H34N2O3/c1-18(2)31-25-9-4-3-7-22(25)21-11-10-19-6-5-8-24(23(19)16-21)28-27(30)32-26-17-29-14-12-20(26)13-15-29/h3-4,7,9-11,16,18,20,24,26H,5-6,8,12-15,17H2,1-2H3,(H,28,30)/t24?,26-/m1/s1. The van der Waals surface area contributed by atoms with E-state index in [1.807, 2.05) is 32.0 Å². The van der Waals surface area contributed by atoms with E-state index >= 15 is 0 Å². The highest BCUT2D eigenvalue weighted by Crippen LogP contribution is 2.37. The molecule has 6 rings (SSSR count). The third-order valence-corrected chi connectivity index (χ3v) is 7.17. The van der Waals surface area contributed by atoms with Crippen LogP contribution in [-0.2, 0) is 11.2 Å². The van der Waals surface area contributed by atoms with Gasteiger partial charge in [0.15, 0.2) is 0 Å². The lowest BCUT2D eigenvalue weighted by molar-refractivity contribution is -0.0340. The molecule has 2 aromatic carbocycles. The van der Waals surface area contributed by atoms with E-state index in [-0.39, 0.29) is 24.3 Å². The first-order valence-corrected chi connectivity index (χ1v) is 12.1. The number of para-hydroxylation sites is 1. The maximum Gasteiger partial charge on any atom is 0.407 e. The monoisotopic (exact) mass is 434 g/mol. The molecule has 5 heteroatoms. The second-order valence-electron chi connectivity index (χ2n) is 9.75. The number of piperidine rings is 3. The molecule has 3 aliphatic heterocycles. The number of amides is 1. The highest BCUT2D eigenvalue weighted by atomic mass is 16.6. The molecule has 1 unspecified atom stereocenters. The van der Waals surface area contributed by atoms with Crippen molar-refractivity contribution in [2.75, 3.05) is 19.6 Å². The zero-order valence-electron chi connectivity index (χ0n) is 19.2. The molecule has 3 fully saturated rings. The molecule has 32 heavy (non-hydrogen) atoms. The number of carbonyl (C=O) groups is 1. The lowest BCUT2D eigenvalue weighted by atomic mass is 9.85. The number of hydrogen-bond acceptors (Lipinski definition) is 4. The van der Waals surface area contributed by atoms with Gasteiger partial charge in [-0.05, 0) is 93.8 Å². The van der Waals surface area contributed by atoms with Crippen LogP contribution < -0.4 is 10.1 Å². The molecule has 3 saturated heterocycles. The minimum absolute atomic E-state index is 0.00883. The van der Waals surface area contributed by atoms with Crippen molar-refractivity contribution in [2.24, 2.45) is 5.92 Å². The zero-order valence-corrected chi connectivity index (χ0v) is 19.2. The van der Waals surface area contributed by atoms with Crippen LogP contribution in [0.5, 0.6) is 5.75 Å². The number of nitrogens with zero attached hydrogens (tertiary/aromatic N) is 1. The van der Waals surface area contributed by atoms with Gasteiger partial charge in [0.1, 0.15) is 11.9 Å². The summed E-state index contributed by atoms with van der Waals surface area (Å²) in [6.45, 7) is 7.27. The van der Waals surface area contributed by atoms with Crippen LogP contribution in [0.4, 0.5) is 4.79 Å². The molecular formula is C27H34N2O3. The Morgan fingerprint density at radius 3 is 2.66 bits per heavy atom. The van der Waals surface area contributed by atoms with E-state index in [4.69, 9.17) is 9.47 Å². The van der Waals surface area contributed by atoms with Crippen LogP contribution in [0.25, 0.3) is 11.1 Å². The zero-order chi connectivity index (χ0) is 22.1. The highest BCUT2D eigenvalue weighted by Gasteiger charge is 2.37. The van der Waals surface area contributed by atoms with Gasteiger partial charge < -0.3 is 14.8 Å². The maximum absolute atomic E-state index is 12.8. The van der Waals surface area contributed by atoms with Gasteiger partial charge >= 0.3 is 6.09 Å². The summed E-state index contributed by atoms with van der Waals surface area (Å²) in [4.78, 5) is 15.2. The molecule has 170 valence electrons. The summed E-state index contributed by atoms with van der Waals surface area (Å²) < 4.78 is 12.0. The summed E-state index contributed by atoms with van der Waals surface area (Å²) in [5.41, 5.74) is 4.73. The van der Waals surface area contributed by atoms with Gasteiger partial charge in [-0.25, -0.2) is 4.79 Å². The third-order valence-electron chi connectivity index (χ3n) is 7.17. The fraction of sp³-hybridized carbons (Fsp3) is 0.519. The first kappa shape index (κ1) is 21.3. The van der Waals surface area contributed by atoms with Crippen molar-refractivity contribution in [3.8, 4) is 16.9 Å². The number of rotatable bonds is 5. The van der Waals surface area contributed by atoms with Crippen LogP contribution in [0.15, 0.2) is 42.5 Å². The maximum atomic E-state index is 12.8. The van der Waals surface area contributed by atoms with E-state index in [0.717, 1.165) is 68.6 Å². The molecule has 2 bridgehead atoms. The van der Waals surface area contributed by atoms with Crippen LogP contribution in [0.1, 0.15) is 56.7 Å². The number of hydrogen-bond donors (Lipinski definition) is 1. The van der Waals surface area contributed by atoms with Crippen molar-refractivity contribution in [3.05, 3.63) is 53.6 Å². The van der Waals surface area contributed by atoms with Crippen LogP contribution >= 0.6 is 0 Å². The molecule has 1 aliphatic carbocycles. The molecule has 4 aliphatic rings. The molecule has 1 amide bonds. The normalized spacial score (nSPS) is 26.5.